The van der Waals surface area contributed by atoms with Gasteiger partial charge in [-0.25, -0.2) is 12.7 Å². The van der Waals surface area contributed by atoms with Crippen LogP contribution in [0.2, 0.25) is 0 Å². The molecule has 1 atom stereocenters. The van der Waals surface area contributed by atoms with E-state index in [9.17, 15) is 8.42 Å². The molecule has 1 unspecified atom stereocenters. The second-order valence-corrected chi connectivity index (χ2v) is 8.30. The maximum Gasteiger partial charge on any atom is 0.214 e. The van der Waals surface area contributed by atoms with Gasteiger partial charge in [0, 0.05) is 13.1 Å². The van der Waals surface area contributed by atoms with E-state index in [1.54, 1.807) is 4.31 Å². The van der Waals surface area contributed by atoms with Crippen LogP contribution in [-0.4, -0.2) is 44.7 Å². The van der Waals surface area contributed by atoms with E-state index in [-0.39, 0.29) is 0 Å². The molecule has 1 heterocycles. The molecule has 1 aliphatic rings. The smallest absolute Gasteiger partial charge is 0.214 e. The second kappa shape index (κ2) is 9.00. The highest BCUT2D eigenvalue weighted by atomic mass is 32.2. The molecule has 0 amide bonds. The van der Waals surface area contributed by atoms with E-state index in [0.29, 0.717) is 17.6 Å². The summed E-state index contributed by atoms with van der Waals surface area (Å²) >= 11 is 0. The van der Waals surface area contributed by atoms with Crippen LogP contribution < -0.4 is 5.32 Å². The average Bonchev–Trinajstić information content (AvgIpc) is 2.64. The van der Waals surface area contributed by atoms with Gasteiger partial charge in [0.25, 0.3) is 0 Å². The van der Waals surface area contributed by atoms with E-state index in [1.165, 1.54) is 6.42 Å². The second-order valence-electron chi connectivity index (χ2n) is 6.21. The van der Waals surface area contributed by atoms with Crippen molar-refractivity contribution < 1.29 is 8.42 Å². The van der Waals surface area contributed by atoms with Gasteiger partial charge in [0.2, 0.25) is 10.0 Å². The molecule has 0 bridgehead atoms. The summed E-state index contributed by atoms with van der Waals surface area (Å²) in [6.45, 7) is 9.87. The molecule has 0 spiro atoms. The third kappa shape index (κ3) is 6.10. The van der Waals surface area contributed by atoms with Crippen molar-refractivity contribution >= 4 is 10.0 Å². The molecular weight excluding hydrogens is 272 g/mol. The predicted octanol–water partition coefficient (Wildman–Crippen LogP) is 2.46. The maximum atomic E-state index is 12.4. The molecule has 1 saturated heterocycles. The van der Waals surface area contributed by atoms with E-state index in [2.05, 4.69) is 26.1 Å². The minimum atomic E-state index is -3.04. The van der Waals surface area contributed by atoms with Crippen LogP contribution in [0.1, 0.15) is 52.9 Å². The molecule has 1 aliphatic heterocycles. The van der Waals surface area contributed by atoms with Gasteiger partial charge in [0.1, 0.15) is 0 Å². The van der Waals surface area contributed by atoms with Crippen molar-refractivity contribution in [2.75, 3.05) is 31.9 Å². The largest absolute Gasteiger partial charge is 0.317 e. The zero-order chi connectivity index (χ0) is 15.0. The van der Waals surface area contributed by atoms with Crippen molar-refractivity contribution in [3.63, 3.8) is 0 Å². The zero-order valence-electron chi connectivity index (χ0n) is 13.4. The van der Waals surface area contributed by atoms with Gasteiger partial charge < -0.3 is 5.32 Å². The van der Waals surface area contributed by atoms with Crippen molar-refractivity contribution in [2.45, 2.75) is 52.9 Å². The van der Waals surface area contributed by atoms with Crippen LogP contribution in [0.5, 0.6) is 0 Å². The molecule has 1 N–H and O–H groups in total. The molecule has 0 saturated carbocycles. The molecule has 1 fully saturated rings. The summed E-state index contributed by atoms with van der Waals surface area (Å²) in [5.74, 6) is 1.66. The molecule has 0 aromatic rings. The molecule has 5 heteroatoms. The van der Waals surface area contributed by atoms with Gasteiger partial charge >= 0.3 is 0 Å². The lowest BCUT2D eigenvalue weighted by molar-refractivity contribution is 0.340. The quantitative estimate of drug-likeness (QED) is 0.701. The van der Waals surface area contributed by atoms with Crippen LogP contribution in [0.4, 0.5) is 0 Å². The number of hydrogen-bond donors (Lipinski definition) is 1. The van der Waals surface area contributed by atoms with Crippen molar-refractivity contribution in [1.82, 2.24) is 9.62 Å². The summed E-state index contributed by atoms with van der Waals surface area (Å²) in [5.41, 5.74) is 0. The molecule has 1 rings (SSSR count). The Morgan fingerprint density at radius 2 is 1.95 bits per heavy atom. The van der Waals surface area contributed by atoms with E-state index >= 15 is 0 Å². The molecular formula is C15H32N2O2S. The van der Waals surface area contributed by atoms with E-state index in [1.807, 2.05) is 0 Å². The van der Waals surface area contributed by atoms with Crippen LogP contribution in [0, 0.1) is 11.8 Å². The summed E-state index contributed by atoms with van der Waals surface area (Å²) in [6.07, 6.45) is 4.91. The minimum Gasteiger partial charge on any atom is -0.317 e. The molecule has 120 valence electrons. The fourth-order valence-electron chi connectivity index (χ4n) is 2.88. The van der Waals surface area contributed by atoms with Crippen molar-refractivity contribution in [2.24, 2.45) is 11.8 Å². The fraction of sp³-hybridized carbons (Fsp3) is 1.00. The summed E-state index contributed by atoms with van der Waals surface area (Å²) in [4.78, 5) is 0. The van der Waals surface area contributed by atoms with Crippen LogP contribution in [0.3, 0.4) is 0 Å². The molecule has 0 aromatic carbocycles. The number of nitrogens with one attached hydrogen (secondary N) is 1. The lowest BCUT2D eigenvalue weighted by atomic mass is 9.89. The average molecular weight is 305 g/mol. The summed E-state index contributed by atoms with van der Waals surface area (Å²) in [5, 5.41) is 3.23. The maximum absolute atomic E-state index is 12.4. The molecule has 0 radical (unpaired) electrons. The molecule has 0 aliphatic carbocycles. The van der Waals surface area contributed by atoms with E-state index < -0.39 is 10.0 Å². The molecule has 0 aromatic heterocycles. The minimum absolute atomic E-state index is 0.310. The third-order valence-corrected chi connectivity index (χ3v) is 6.28. The first kappa shape index (κ1) is 17.9. The number of sulfonamides is 1. The first-order chi connectivity index (χ1) is 9.47. The normalized spacial score (nSPS) is 22.1. The van der Waals surface area contributed by atoms with Crippen LogP contribution in [0.15, 0.2) is 0 Å². The monoisotopic (exact) mass is 304 g/mol. The van der Waals surface area contributed by atoms with Gasteiger partial charge in [0.15, 0.2) is 0 Å². The van der Waals surface area contributed by atoms with Crippen LogP contribution in [0.25, 0.3) is 0 Å². The first-order valence-corrected chi connectivity index (χ1v) is 9.76. The van der Waals surface area contributed by atoms with E-state index in [0.717, 1.165) is 51.9 Å². The van der Waals surface area contributed by atoms with Gasteiger partial charge in [-0.1, -0.05) is 20.8 Å². The SMILES string of the molecule is CCNCCCCS(=O)(=O)N1CCCC(C(C)C)CC1. The summed E-state index contributed by atoms with van der Waals surface area (Å²) in [7, 11) is -3.04. The summed E-state index contributed by atoms with van der Waals surface area (Å²) in [6, 6.07) is 0. The Hall–Kier alpha value is -0.130. The highest BCUT2D eigenvalue weighted by Gasteiger charge is 2.26. The lowest BCUT2D eigenvalue weighted by Crippen LogP contribution is -2.34. The highest BCUT2D eigenvalue weighted by Crippen LogP contribution is 2.25. The van der Waals surface area contributed by atoms with Crippen LogP contribution in [-0.2, 0) is 10.0 Å². The van der Waals surface area contributed by atoms with Crippen molar-refractivity contribution in [3.8, 4) is 0 Å². The predicted molar refractivity (Wildman–Crippen MR) is 85.3 cm³/mol. The topological polar surface area (TPSA) is 49.4 Å². The molecule has 20 heavy (non-hydrogen) atoms. The number of unbranched alkanes of at least 4 members (excludes halogenated alkanes) is 1. The molecule has 4 nitrogen and oxygen atoms in total. The van der Waals surface area contributed by atoms with Gasteiger partial charge in [-0.2, -0.15) is 0 Å². The van der Waals surface area contributed by atoms with Crippen molar-refractivity contribution in [1.29, 1.82) is 0 Å². The van der Waals surface area contributed by atoms with Gasteiger partial charge in [-0.05, 0) is 57.0 Å². The lowest BCUT2D eigenvalue weighted by Gasteiger charge is -2.21. The Morgan fingerprint density at radius 3 is 2.60 bits per heavy atom. The summed E-state index contributed by atoms with van der Waals surface area (Å²) < 4.78 is 26.4. The Balaban J connectivity index is 2.39. The number of rotatable bonds is 8. The van der Waals surface area contributed by atoms with Gasteiger partial charge in [0.05, 0.1) is 5.75 Å². The van der Waals surface area contributed by atoms with Crippen molar-refractivity contribution in [3.05, 3.63) is 0 Å². The third-order valence-electron chi connectivity index (χ3n) is 4.32. The fourth-order valence-corrected chi connectivity index (χ4v) is 4.50. The highest BCUT2D eigenvalue weighted by molar-refractivity contribution is 7.89. The zero-order valence-corrected chi connectivity index (χ0v) is 14.2. The Kier molecular flexibility index (Phi) is 8.07. The van der Waals surface area contributed by atoms with Crippen LogP contribution >= 0.6 is 0 Å². The Morgan fingerprint density at radius 1 is 1.20 bits per heavy atom. The number of nitrogens with zero attached hydrogens (tertiary/aromatic N) is 1. The van der Waals surface area contributed by atoms with Gasteiger partial charge in [-0.15, -0.1) is 0 Å². The Bertz CT molecular complexity index is 355. The first-order valence-electron chi connectivity index (χ1n) is 8.16. The number of hydrogen-bond acceptors (Lipinski definition) is 3. The Labute approximate surface area is 125 Å². The standard InChI is InChI=1S/C15H32N2O2S/c1-4-16-10-5-6-13-20(18,19)17-11-7-8-15(9-12-17)14(2)3/h14-16H,4-13H2,1-3H3. The van der Waals surface area contributed by atoms with E-state index in [4.69, 9.17) is 0 Å². The van der Waals surface area contributed by atoms with Gasteiger partial charge in [-0.3, -0.25) is 0 Å².